The maximum Gasteiger partial charge on any atom is 0.225 e. The number of nitrogens with one attached hydrogen (secondary N) is 1. The molecule has 23 heavy (non-hydrogen) atoms. The minimum absolute atomic E-state index is 0.00653. The SMILES string of the molecule is O=C(Cc1cccs1)NC(CN1CCCC1=O)c1ccccc1. The van der Waals surface area contributed by atoms with Crippen LogP contribution >= 0.6 is 11.3 Å². The number of thiophene rings is 1. The predicted octanol–water partition coefficient (Wildman–Crippen LogP) is 2.77. The Bertz CT molecular complexity index is 655. The largest absolute Gasteiger partial charge is 0.347 e. The molecule has 0 saturated carbocycles. The Hall–Kier alpha value is -2.14. The fourth-order valence-electron chi connectivity index (χ4n) is 2.85. The molecule has 120 valence electrons. The van der Waals surface area contributed by atoms with E-state index in [9.17, 15) is 9.59 Å². The van der Waals surface area contributed by atoms with Crippen LogP contribution in [-0.4, -0.2) is 29.8 Å². The van der Waals surface area contributed by atoms with E-state index in [1.54, 1.807) is 11.3 Å². The highest BCUT2D eigenvalue weighted by Gasteiger charge is 2.25. The van der Waals surface area contributed by atoms with Gasteiger partial charge in [0.25, 0.3) is 0 Å². The van der Waals surface area contributed by atoms with E-state index in [0.29, 0.717) is 19.4 Å². The predicted molar refractivity (Wildman–Crippen MR) is 91.2 cm³/mol. The number of rotatable bonds is 6. The molecule has 4 nitrogen and oxygen atoms in total. The van der Waals surface area contributed by atoms with Gasteiger partial charge < -0.3 is 10.2 Å². The third-order valence-electron chi connectivity index (χ3n) is 4.03. The van der Waals surface area contributed by atoms with Crippen molar-refractivity contribution < 1.29 is 9.59 Å². The third kappa shape index (κ3) is 4.20. The van der Waals surface area contributed by atoms with E-state index in [4.69, 9.17) is 0 Å². The first kappa shape index (κ1) is 15.7. The van der Waals surface area contributed by atoms with Gasteiger partial charge in [0, 0.05) is 24.4 Å². The topological polar surface area (TPSA) is 49.4 Å². The second-order valence-electron chi connectivity index (χ2n) is 5.73. The van der Waals surface area contributed by atoms with E-state index < -0.39 is 0 Å². The Balaban J connectivity index is 1.69. The summed E-state index contributed by atoms with van der Waals surface area (Å²) in [5.41, 5.74) is 1.03. The lowest BCUT2D eigenvalue weighted by Gasteiger charge is -2.25. The van der Waals surface area contributed by atoms with Gasteiger partial charge >= 0.3 is 0 Å². The fraction of sp³-hybridized carbons (Fsp3) is 0.333. The molecule has 2 heterocycles. The van der Waals surface area contributed by atoms with Crippen molar-refractivity contribution in [2.75, 3.05) is 13.1 Å². The van der Waals surface area contributed by atoms with E-state index in [-0.39, 0.29) is 17.9 Å². The van der Waals surface area contributed by atoms with Gasteiger partial charge in [0.05, 0.1) is 12.5 Å². The number of hydrogen-bond acceptors (Lipinski definition) is 3. The maximum atomic E-state index is 12.3. The number of carbonyl (C=O) groups excluding carboxylic acids is 2. The van der Waals surface area contributed by atoms with Gasteiger partial charge in [-0.2, -0.15) is 0 Å². The second-order valence-corrected chi connectivity index (χ2v) is 6.76. The third-order valence-corrected chi connectivity index (χ3v) is 4.90. The van der Waals surface area contributed by atoms with Gasteiger partial charge in [-0.1, -0.05) is 36.4 Å². The van der Waals surface area contributed by atoms with Crippen molar-refractivity contribution in [3.63, 3.8) is 0 Å². The summed E-state index contributed by atoms with van der Waals surface area (Å²) in [6, 6.07) is 13.6. The highest BCUT2D eigenvalue weighted by atomic mass is 32.1. The van der Waals surface area contributed by atoms with Crippen molar-refractivity contribution in [1.29, 1.82) is 0 Å². The fourth-order valence-corrected chi connectivity index (χ4v) is 3.56. The molecule has 3 rings (SSSR count). The van der Waals surface area contributed by atoms with Crippen LogP contribution in [0, 0.1) is 0 Å². The van der Waals surface area contributed by atoms with Crippen LogP contribution in [0.15, 0.2) is 47.8 Å². The first-order valence-corrected chi connectivity index (χ1v) is 8.75. The molecule has 1 atom stereocenters. The summed E-state index contributed by atoms with van der Waals surface area (Å²) in [6.07, 6.45) is 1.91. The van der Waals surface area contributed by atoms with Gasteiger partial charge in [0.2, 0.25) is 11.8 Å². The molecule has 1 fully saturated rings. The summed E-state index contributed by atoms with van der Waals surface area (Å²) >= 11 is 1.58. The molecule has 0 aliphatic carbocycles. The highest BCUT2D eigenvalue weighted by molar-refractivity contribution is 7.10. The second kappa shape index (κ2) is 7.42. The van der Waals surface area contributed by atoms with Crippen molar-refractivity contribution >= 4 is 23.2 Å². The molecule has 1 aliphatic heterocycles. The Morgan fingerprint density at radius 2 is 2.04 bits per heavy atom. The Kier molecular flexibility index (Phi) is 5.08. The van der Waals surface area contributed by atoms with Gasteiger partial charge in [-0.25, -0.2) is 0 Å². The first-order valence-electron chi connectivity index (χ1n) is 7.87. The van der Waals surface area contributed by atoms with E-state index >= 15 is 0 Å². The molecule has 1 unspecified atom stereocenters. The molecule has 5 heteroatoms. The highest BCUT2D eigenvalue weighted by Crippen LogP contribution is 2.19. The minimum Gasteiger partial charge on any atom is -0.347 e. The standard InChI is InChI=1S/C18H20N2O2S/c21-17(12-15-8-5-11-23-15)19-16(14-6-2-1-3-7-14)13-20-10-4-9-18(20)22/h1-3,5-8,11,16H,4,9-10,12-13H2,(H,19,21). The maximum absolute atomic E-state index is 12.3. The van der Waals surface area contributed by atoms with Crippen LogP contribution in [0.4, 0.5) is 0 Å². The zero-order valence-corrected chi connectivity index (χ0v) is 13.7. The Morgan fingerprint density at radius 1 is 1.22 bits per heavy atom. The van der Waals surface area contributed by atoms with Crippen LogP contribution in [0.5, 0.6) is 0 Å². The number of nitrogens with zero attached hydrogens (tertiary/aromatic N) is 1. The molecule has 2 aromatic rings. The van der Waals surface area contributed by atoms with Crippen LogP contribution < -0.4 is 5.32 Å². The summed E-state index contributed by atoms with van der Waals surface area (Å²) in [4.78, 5) is 27.1. The molecule has 1 saturated heterocycles. The molecule has 1 aliphatic rings. The van der Waals surface area contributed by atoms with Crippen molar-refractivity contribution in [3.05, 3.63) is 58.3 Å². The average molecular weight is 328 g/mol. The van der Waals surface area contributed by atoms with Crippen LogP contribution in [-0.2, 0) is 16.0 Å². The molecule has 0 radical (unpaired) electrons. The smallest absolute Gasteiger partial charge is 0.225 e. The van der Waals surface area contributed by atoms with Crippen molar-refractivity contribution in [2.24, 2.45) is 0 Å². The number of benzene rings is 1. The number of likely N-dealkylation sites (tertiary alicyclic amines) is 1. The van der Waals surface area contributed by atoms with Crippen molar-refractivity contribution in [1.82, 2.24) is 10.2 Å². The normalized spacial score (nSPS) is 15.7. The molecule has 0 spiro atoms. The molecule has 1 aromatic carbocycles. The van der Waals surface area contributed by atoms with Gasteiger partial charge in [0.15, 0.2) is 0 Å². The Morgan fingerprint density at radius 3 is 2.70 bits per heavy atom. The quantitative estimate of drug-likeness (QED) is 0.886. The minimum atomic E-state index is -0.161. The number of carbonyl (C=O) groups is 2. The molecule has 1 N–H and O–H groups in total. The number of hydrogen-bond donors (Lipinski definition) is 1. The van der Waals surface area contributed by atoms with Crippen LogP contribution in [0.25, 0.3) is 0 Å². The van der Waals surface area contributed by atoms with Gasteiger partial charge in [-0.15, -0.1) is 11.3 Å². The molecular formula is C18H20N2O2S. The summed E-state index contributed by atoms with van der Waals surface area (Å²) in [5, 5.41) is 5.07. The summed E-state index contributed by atoms with van der Waals surface area (Å²) < 4.78 is 0. The Labute approximate surface area is 140 Å². The molecule has 0 bridgehead atoms. The van der Waals surface area contributed by atoms with E-state index in [1.807, 2.05) is 52.7 Å². The molecular weight excluding hydrogens is 308 g/mol. The van der Waals surface area contributed by atoms with Crippen LogP contribution in [0.3, 0.4) is 0 Å². The average Bonchev–Trinajstić information content (AvgIpc) is 3.20. The van der Waals surface area contributed by atoms with E-state index in [1.165, 1.54) is 0 Å². The van der Waals surface area contributed by atoms with E-state index in [2.05, 4.69) is 5.32 Å². The van der Waals surface area contributed by atoms with E-state index in [0.717, 1.165) is 23.4 Å². The first-order chi connectivity index (χ1) is 11.2. The zero-order chi connectivity index (χ0) is 16.1. The summed E-state index contributed by atoms with van der Waals surface area (Å²) in [5.74, 6) is 0.173. The lowest BCUT2D eigenvalue weighted by atomic mass is 10.1. The van der Waals surface area contributed by atoms with Crippen LogP contribution in [0.1, 0.15) is 29.3 Å². The van der Waals surface area contributed by atoms with Crippen molar-refractivity contribution in [2.45, 2.75) is 25.3 Å². The monoisotopic (exact) mass is 328 g/mol. The summed E-state index contributed by atoms with van der Waals surface area (Å²) in [6.45, 7) is 1.32. The zero-order valence-electron chi connectivity index (χ0n) is 12.9. The molecule has 2 amide bonds. The number of amides is 2. The van der Waals surface area contributed by atoms with Crippen LogP contribution in [0.2, 0.25) is 0 Å². The summed E-state index contributed by atoms with van der Waals surface area (Å²) in [7, 11) is 0. The van der Waals surface area contributed by atoms with Gasteiger partial charge in [-0.3, -0.25) is 9.59 Å². The van der Waals surface area contributed by atoms with Gasteiger partial charge in [0.1, 0.15) is 0 Å². The van der Waals surface area contributed by atoms with Gasteiger partial charge in [-0.05, 0) is 23.4 Å². The molecule has 1 aromatic heterocycles. The van der Waals surface area contributed by atoms with Crippen molar-refractivity contribution in [3.8, 4) is 0 Å². The lowest BCUT2D eigenvalue weighted by molar-refractivity contribution is -0.129. The lowest BCUT2D eigenvalue weighted by Crippen LogP contribution is -2.39.